The number of aromatic amines is 1. The molecule has 0 radical (unpaired) electrons. The van der Waals surface area contributed by atoms with Gasteiger partial charge in [0.15, 0.2) is 11.5 Å². The smallest absolute Gasteiger partial charge is 0.275 e. The van der Waals surface area contributed by atoms with Crippen molar-refractivity contribution in [2.75, 3.05) is 19.8 Å². The Kier molecular flexibility index (Phi) is 4.24. The maximum absolute atomic E-state index is 13.0. The molecule has 3 N–H and O–H groups in total. The van der Waals surface area contributed by atoms with E-state index in [1.54, 1.807) is 12.1 Å². The van der Waals surface area contributed by atoms with Gasteiger partial charge in [-0.15, -0.1) is 0 Å². The molecule has 0 atom stereocenters. The standard InChI is InChI=1S/C22H22N4O3/c1-13-18(14-5-2-3-6-16(14)26(13)10-4-9-23)20-22(27)24-15-7-8-17-21(19(15)25-20)29-12-11-28-17/h2-3,5-8H,4,9-12,23H2,1H3,(H,24,27). The number of hydrogen-bond acceptors (Lipinski definition) is 5. The molecule has 1 aliphatic rings. The lowest BCUT2D eigenvalue weighted by Crippen LogP contribution is -2.17. The average Bonchev–Trinajstić information content (AvgIpc) is 3.02. The first kappa shape index (κ1) is 17.8. The number of H-pyrrole nitrogens is 1. The molecule has 5 rings (SSSR count). The fourth-order valence-corrected chi connectivity index (χ4v) is 4.09. The van der Waals surface area contributed by atoms with E-state index in [0.717, 1.165) is 35.1 Å². The number of para-hydroxylation sites is 1. The van der Waals surface area contributed by atoms with Crippen LogP contribution in [0.1, 0.15) is 12.1 Å². The van der Waals surface area contributed by atoms with Crippen molar-refractivity contribution >= 4 is 21.9 Å². The quantitative estimate of drug-likeness (QED) is 0.559. The number of benzene rings is 2. The molecule has 7 heteroatoms. The van der Waals surface area contributed by atoms with Gasteiger partial charge in [-0.3, -0.25) is 4.79 Å². The van der Waals surface area contributed by atoms with E-state index in [1.807, 2.05) is 25.1 Å². The van der Waals surface area contributed by atoms with Crippen molar-refractivity contribution in [3.05, 3.63) is 52.4 Å². The van der Waals surface area contributed by atoms with Gasteiger partial charge in [-0.2, -0.15) is 0 Å². The van der Waals surface area contributed by atoms with E-state index in [0.29, 0.717) is 48.0 Å². The Balaban J connectivity index is 1.80. The molecule has 0 aliphatic carbocycles. The number of aryl methyl sites for hydroxylation is 1. The van der Waals surface area contributed by atoms with Gasteiger partial charge < -0.3 is 24.8 Å². The van der Waals surface area contributed by atoms with Crippen molar-refractivity contribution in [3.8, 4) is 22.8 Å². The van der Waals surface area contributed by atoms with Gasteiger partial charge in [0.05, 0.1) is 5.52 Å². The van der Waals surface area contributed by atoms with Gasteiger partial charge in [-0.25, -0.2) is 4.98 Å². The van der Waals surface area contributed by atoms with E-state index in [2.05, 4.69) is 15.6 Å². The molecule has 0 amide bonds. The highest BCUT2D eigenvalue weighted by Crippen LogP contribution is 2.38. The first-order valence-electron chi connectivity index (χ1n) is 9.80. The lowest BCUT2D eigenvalue weighted by molar-refractivity contribution is 0.173. The van der Waals surface area contributed by atoms with Gasteiger partial charge in [-0.05, 0) is 38.1 Å². The molecular formula is C22H22N4O3. The summed E-state index contributed by atoms with van der Waals surface area (Å²) < 4.78 is 13.7. The Morgan fingerprint density at radius 1 is 1.17 bits per heavy atom. The fraction of sp³-hybridized carbons (Fsp3) is 0.273. The SMILES string of the molecule is Cc1c(-c2nc3c4c(ccc3[nH]c2=O)OCCO4)c2ccccc2n1CCCN. The molecule has 0 fully saturated rings. The molecule has 2 aromatic heterocycles. The van der Waals surface area contributed by atoms with Crippen LogP contribution in [0.4, 0.5) is 0 Å². The Bertz CT molecular complexity index is 1290. The van der Waals surface area contributed by atoms with Gasteiger partial charge in [0.1, 0.15) is 24.4 Å². The maximum atomic E-state index is 13.0. The summed E-state index contributed by atoms with van der Waals surface area (Å²) in [5, 5.41) is 1.00. The number of hydrogen-bond donors (Lipinski definition) is 2. The van der Waals surface area contributed by atoms with Gasteiger partial charge in [0, 0.05) is 28.7 Å². The summed E-state index contributed by atoms with van der Waals surface area (Å²) in [6, 6.07) is 11.7. The summed E-state index contributed by atoms with van der Waals surface area (Å²) in [6.07, 6.45) is 0.860. The van der Waals surface area contributed by atoms with Gasteiger partial charge in [-0.1, -0.05) is 18.2 Å². The maximum Gasteiger partial charge on any atom is 0.275 e. The third kappa shape index (κ3) is 2.77. The minimum absolute atomic E-state index is 0.223. The van der Waals surface area contributed by atoms with E-state index in [-0.39, 0.29) is 5.56 Å². The zero-order valence-corrected chi connectivity index (χ0v) is 16.2. The van der Waals surface area contributed by atoms with Crippen molar-refractivity contribution in [1.82, 2.24) is 14.5 Å². The normalized spacial score (nSPS) is 13.3. The van der Waals surface area contributed by atoms with Gasteiger partial charge in [0.2, 0.25) is 0 Å². The van der Waals surface area contributed by atoms with Crippen LogP contribution < -0.4 is 20.8 Å². The number of fused-ring (bicyclic) bond motifs is 4. The monoisotopic (exact) mass is 390 g/mol. The van der Waals surface area contributed by atoms with E-state index >= 15 is 0 Å². The molecule has 0 bridgehead atoms. The van der Waals surface area contributed by atoms with Crippen LogP contribution in [-0.2, 0) is 6.54 Å². The van der Waals surface area contributed by atoms with Crippen LogP contribution in [0.15, 0.2) is 41.2 Å². The van der Waals surface area contributed by atoms with Crippen molar-refractivity contribution in [1.29, 1.82) is 0 Å². The topological polar surface area (TPSA) is 95.2 Å². The highest BCUT2D eigenvalue weighted by atomic mass is 16.6. The third-order valence-corrected chi connectivity index (χ3v) is 5.42. The van der Waals surface area contributed by atoms with Crippen LogP contribution in [0.25, 0.3) is 33.2 Å². The van der Waals surface area contributed by atoms with E-state index in [1.165, 1.54) is 0 Å². The Morgan fingerprint density at radius 2 is 2.00 bits per heavy atom. The highest BCUT2D eigenvalue weighted by Gasteiger charge is 2.22. The first-order chi connectivity index (χ1) is 14.2. The van der Waals surface area contributed by atoms with Gasteiger partial charge >= 0.3 is 0 Å². The molecule has 7 nitrogen and oxygen atoms in total. The zero-order chi connectivity index (χ0) is 20.0. The Hall–Kier alpha value is -3.32. The molecule has 0 spiro atoms. The summed E-state index contributed by atoms with van der Waals surface area (Å²) in [5.74, 6) is 1.23. The number of rotatable bonds is 4. The van der Waals surface area contributed by atoms with Crippen LogP contribution in [0, 0.1) is 6.92 Å². The minimum atomic E-state index is -0.223. The number of nitrogens with one attached hydrogen (secondary N) is 1. The van der Waals surface area contributed by atoms with Crippen molar-refractivity contribution in [2.24, 2.45) is 5.73 Å². The Labute approximate surface area is 167 Å². The predicted molar refractivity (Wildman–Crippen MR) is 113 cm³/mol. The molecular weight excluding hydrogens is 368 g/mol. The molecule has 148 valence electrons. The summed E-state index contributed by atoms with van der Waals surface area (Å²) in [4.78, 5) is 20.7. The number of aromatic nitrogens is 3. The van der Waals surface area contributed by atoms with Crippen LogP contribution in [0.5, 0.6) is 11.5 Å². The third-order valence-electron chi connectivity index (χ3n) is 5.42. The summed E-state index contributed by atoms with van der Waals surface area (Å²) in [5.41, 5.74) is 10.1. The molecule has 2 aromatic carbocycles. The average molecular weight is 390 g/mol. The Morgan fingerprint density at radius 3 is 2.86 bits per heavy atom. The fourth-order valence-electron chi connectivity index (χ4n) is 4.09. The van der Waals surface area contributed by atoms with Crippen molar-refractivity contribution in [2.45, 2.75) is 19.9 Å². The van der Waals surface area contributed by atoms with E-state index in [9.17, 15) is 4.79 Å². The summed E-state index contributed by atoms with van der Waals surface area (Å²) >= 11 is 0. The zero-order valence-electron chi connectivity index (χ0n) is 16.2. The number of ether oxygens (including phenoxy) is 2. The lowest BCUT2D eigenvalue weighted by atomic mass is 10.1. The first-order valence-corrected chi connectivity index (χ1v) is 9.80. The van der Waals surface area contributed by atoms with Gasteiger partial charge in [0.25, 0.3) is 5.56 Å². The largest absolute Gasteiger partial charge is 0.486 e. The molecule has 1 aliphatic heterocycles. The number of nitrogens with two attached hydrogens (primary N) is 1. The van der Waals surface area contributed by atoms with E-state index in [4.69, 9.17) is 20.2 Å². The molecule has 0 saturated carbocycles. The lowest BCUT2D eigenvalue weighted by Gasteiger charge is -2.19. The second-order valence-electron chi connectivity index (χ2n) is 7.17. The predicted octanol–water partition coefficient (Wildman–Crippen LogP) is 2.97. The second kappa shape index (κ2) is 6.93. The van der Waals surface area contributed by atoms with Crippen LogP contribution in [0.2, 0.25) is 0 Å². The van der Waals surface area contributed by atoms with Crippen LogP contribution in [-0.4, -0.2) is 34.3 Å². The molecule has 3 heterocycles. The molecule has 29 heavy (non-hydrogen) atoms. The molecule has 0 saturated heterocycles. The van der Waals surface area contributed by atoms with Crippen molar-refractivity contribution in [3.63, 3.8) is 0 Å². The molecule has 4 aromatic rings. The highest BCUT2D eigenvalue weighted by molar-refractivity contribution is 5.98. The minimum Gasteiger partial charge on any atom is -0.486 e. The van der Waals surface area contributed by atoms with Crippen LogP contribution in [0.3, 0.4) is 0 Å². The summed E-state index contributed by atoms with van der Waals surface area (Å²) in [7, 11) is 0. The molecule has 0 unspecified atom stereocenters. The van der Waals surface area contributed by atoms with Crippen LogP contribution >= 0.6 is 0 Å². The second-order valence-corrected chi connectivity index (χ2v) is 7.17. The van der Waals surface area contributed by atoms with Crippen molar-refractivity contribution < 1.29 is 9.47 Å². The van der Waals surface area contributed by atoms with E-state index < -0.39 is 0 Å². The summed E-state index contributed by atoms with van der Waals surface area (Å²) in [6.45, 7) is 4.39. The number of nitrogens with zero attached hydrogens (tertiary/aromatic N) is 2.